The minimum atomic E-state index is 0.232. The summed E-state index contributed by atoms with van der Waals surface area (Å²) in [5.41, 5.74) is 2.73. The molecular formula is C15H21BrO2. The fraction of sp³-hybridized carbons (Fsp3) is 0.600. The van der Waals surface area contributed by atoms with Gasteiger partial charge in [0, 0.05) is 24.0 Å². The zero-order chi connectivity index (χ0) is 13.0. The first kappa shape index (κ1) is 13.9. The first-order valence-electron chi connectivity index (χ1n) is 6.49. The fourth-order valence-corrected chi connectivity index (χ4v) is 3.04. The van der Waals surface area contributed by atoms with Gasteiger partial charge in [0.15, 0.2) is 0 Å². The second kappa shape index (κ2) is 6.07. The van der Waals surface area contributed by atoms with Gasteiger partial charge in [-0.1, -0.05) is 33.6 Å². The topological polar surface area (TPSA) is 18.5 Å². The second-order valence-electron chi connectivity index (χ2n) is 5.30. The Labute approximate surface area is 118 Å². The van der Waals surface area contributed by atoms with Crippen LogP contribution in [0.4, 0.5) is 0 Å². The van der Waals surface area contributed by atoms with Gasteiger partial charge in [0.25, 0.3) is 0 Å². The van der Waals surface area contributed by atoms with Gasteiger partial charge in [0.2, 0.25) is 0 Å². The maximum atomic E-state index is 6.04. The predicted molar refractivity (Wildman–Crippen MR) is 77.7 cm³/mol. The smallest absolute Gasteiger partial charge is 0.122 e. The van der Waals surface area contributed by atoms with Crippen molar-refractivity contribution in [2.45, 2.75) is 26.7 Å². The first-order chi connectivity index (χ1) is 8.65. The Kier molecular flexibility index (Phi) is 4.68. The summed E-state index contributed by atoms with van der Waals surface area (Å²) >= 11 is 3.64. The number of benzene rings is 1. The SMILES string of the molecule is Cc1ccc(OCC2(CBr)CCOCC2)c(C)c1. The monoisotopic (exact) mass is 312 g/mol. The van der Waals surface area contributed by atoms with E-state index < -0.39 is 0 Å². The van der Waals surface area contributed by atoms with Gasteiger partial charge in [0.05, 0.1) is 6.61 Å². The molecule has 0 atom stereocenters. The van der Waals surface area contributed by atoms with Crippen LogP contribution in [0.3, 0.4) is 0 Å². The summed E-state index contributed by atoms with van der Waals surface area (Å²) in [7, 11) is 0. The lowest BCUT2D eigenvalue weighted by Gasteiger charge is -2.35. The van der Waals surface area contributed by atoms with Crippen molar-refractivity contribution in [1.82, 2.24) is 0 Å². The normalized spacial score (nSPS) is 18.6. The van der Waals surface area contributed by atoms with Crippen LogP contribution in [-0.2, 0) is 4.74 Å². The van der Waals surface area contributed by atoms with Crippen molar-refractivity contribution in [2.75, 3.05) is 25.2 Å². The summed E-state index contributed by atoms with van der Waals surface area (Å²) in [6.07, 6.45) is 2.15. The Morgan fingerprint density at radius 3 is 2.61 bits per heavy atom. The van der Waals surface area contributed by atoms with Crippen molar-refractivity contribution in [3.05, 3.63) is 29.3 Å². The van der Waals surface area contributed by atoms with E-state index in [1.54, 1.807) is 0 Å². The third-order valence-corrected chi connectivity index (χ3v) is 4.89. The number of rotatable bonds is 4. The highest BCUT2D eigenvalue weighted by Gasteiger charge is 2.32. The van der Waals surface area contributed by atoms with Gasteiger partial charge in [-0.25, -0.2) is 0 Å². The zero-order valence-corrected chi connectivity index (χ0v) is 12.8. The predicted octanol–water partition coefficient (Wildman–Crippen LogP) is 3.87. The van der Waals surface area contributed by atoms with E-state index in [0.29, 0.717) is 0 Å². The molecule has 0 aromatic heterocycles. The van der Waals surface area contributed by atoms with E-state index in [-0.39, 0.29) is 5.41 Å². The number of halogens is 1. The molecule has 1 aromatic carbocycles. The summed E-state index contributed by atoms with van der Waals surface area (Å²) in [4.78, 5) is 0. The van der Waals surface area contributed by atoms with E-state index >= 15 is 0 Å². The van der Waals surface area contributed by atoms with Crippen LogP contribution >= 0.6 is 15.9 Å². The Morgan fingerprint density at radius 2 is 2.00 bits per heavy atom. The van der Waals surface area contributed by atoms with Crippen LogP contribution in [0.5, 0.6) is 5.75 Å². The highest BCUT2D eigenvalue weighted by Crippen LogP contribution is 2.33. The summed E-state index contributed by atoms with van der Waals surface area (Å²) in [5.74, 6) is 1.01. The molecule has 2 nitrogen and oxygen atoms in total. The summed E-state index contributed by atoms with van der Waals surface area (Å²) < 4.78 is 11.5. The maximum absolute atomic E-state index is 6.04. The van der Waals surface area contributed by atoms with E-state index in [4.69, 9.17) is 9.47 Å². The van der Waals surface area contributed by atoms with Gasteiger partial charge < -0.3 is 9.47 Å². The quantitative estimate of drug-likeness (QED) is 0.786. The van der Waals surface area contributed by atoms with Crippen molar-refractivity contribution in [3.8, 4) is 5.75 Å². The van der Waals surface area contributed by atoms with Crippen LogP contribution in [0.25, 0.3) is 0 Å². The van der Waals surface area contributed by atoms with Gasteiger partial charge in [-0.15, -0.1) is 0 Å². The van der Waals surface area contributed by atoms with Crippen molar-refractivity contribution in [3.63, 3.8) is 0 Å². The average molecular weight is 313 g/mol. The Hall–Kier alpha value is -0.540. The molecule has 1 fully saturated rings. The van der Waals surface area contributed by atoms with Gasteiger partial charge >= 0.3 is 0 Å². The van der Waals surface area contributed by atoms with Gasteiger partial charge in [-0.2, -0.15) is 0 Å². The molecule has 0 bridgehead atoms. The van der Waals surface area contributed by atoms with Crippen molar-refractivity contribution in [1.29, 1.82) is 0 Å². The number of hydrogen-bond acceptors (Lipinski definition) is 2. The number of ether oxygens (including phenoxy) is 2. The molecule has 0 spiro atoms. The van der Waals surface area contributed by atoms with E-state index in [2.05, 4.69) is 48.0 Å². The zero-order valence-electron chi connectivity index (χ0n) is 11.2. The fourth-order valence-electron chi connectivity index (χ4n) is 2.31. The molecule has 18 heavy (non-hydrogen) atoms. The van der Waals surface area contributed by atoms with E-state index in [1.807, 2.05) is 0 Å². The lowest BCUT2D eigenvalue weighted by Crippen LogP contribution is -2.36. The third-order valence-electron chi connectivity index (χ3n) is 3.70. The van der Waals surface area contributed by atoms with Crippen molar-refractivity contribution < 1.29 is 9.47 Å². The number of hydrogen-bond donors (Lipinski definition) is 0. The number of aryl methyl sites for hydroxylation is 2. The van der Waals surface area contributed by atoms with Crippen LogP contribution in [0, 0.1) is 19.3 Å². The molecule has 0 amide bonds. The molecule has 0 saturated carbocycles. The molecule has 1 aliphatic rings. The highest BCUT2D eigenvalue weighted by atomic mass is 79.9. The van der Waals surface area contributed by atoms with E-state index in [1.165, 1.54) is 11.1 Å². The average Bonchev–Trinajstić information content (AvgIpc) is 2.39. The van der Waals surface area contributed by atoms with Gasteiger partial charge in [-0.05, 0) is 38.3 Å². The Bertz CT molecular complexity index is 397. The third kappa shape index (κ3) is 3.27. The number of alkyl halides is 1. The van der Waals surface area contributed by atoms with Crippen molar-refractivity contribution in [2.24, 2.45) is 5.41 Å². The molecule has 0 N–H and O–H groups in total. The molecule has 2 rings (SSSR count). The van der Waals surface area contributed by atoms with E-state index in [9.17, 15) is 0 Å². The Morgan fingerprint density at radius 1 is 1.28 bits per heavy atom. The van der Waals surface area contributed by atoms with Crippen LogP contribution in [0.2, 0.25) is 0 Å². The standard InChI is InChI=1S/C15H21BrO2/c1-12-3-4-14(13(2)9-12)18-11-15(10-16)5-7-17-8-6-15/h3-4,9H,5-8,10-11H2,1-2H3. The minimum Gasteiger partial charge on any atom is -0.493 e. The van der Waals surface area contributed by atoms with Crippen LogP contribution in [0.15, 0.2) is 18.2 Å². The molecule has 100 valence electrons. The molecule has 3 heteroatoms. The molecule has 1 aliphatic heterocycles. The second-order valence-corrected chi connectivity index (χ2v) is 5.86. The lowest BCUT2D eigenvalue weighted by molar-refractivity contribution is 0.00343. The van der Waals surface area contributed by atoms with Crippen LogP contribution in [-0.4, -0.2) is 25.2 Å². The van der Waals surface area contributed by atoms with E-state index in [0.717, 1.165) is 43.7 Å². The molecule has 0 unspecified atom stereocenters. The summed E-state index contributed by atoms with van der Waals surface area (Å²) in [5, 5.41) is 0.980. The molecule has 0 aliphatic carbocycles. The molecule has 1 saturated heterocycles. The van der Waals surface area contributed by atoms with Crippen LogP contribution < -0.4 is 4.74 Å². The molecule has 1 heterocycles. The lowest BCUT2D eigenvalue weighted by atomic mass is 9.83. The Balaban J connectivity index is 2.01. The molecular weight excluding hydrogens is 292 g/mol. The van der Waals surface area contributed by atoms with Gasteiger partial charge in [-0.3, -0.25) is 0 Å². The first-order valence-corrected chi connectivity index (χ1v) is 7.61. The van der Waals surface area contributed by atoms with Gasteiger partial charge in [0.1, 0.15) is 5.75 Å². The minimum absolute atomic E-state index is 0.232. The highest BCUT2D eigenvalue weighted by molar-refractivity contribution is 9.09. The molecule has 0 radical (unpaired) electrons. The maximum Gasteiger partial charge on any atom is 0.122 e. The molecule has 1 aromatic rings. The summed E-state index contributed by atoms with van der Waals surface area (Å²) in [6, 6.07) is 6.35. The summed E-state index contributed by atoms with van der Waals surface area (Å²) in [6.45, 7) is 6.68. The largest absolute Gasteiger partial charge is 0.493 e. The van der Waals surface area contributed by atoms with Crippen LogP contribution in [0.1, 0.15) is 24.0 Å². The van der Waals surface area contributed by atoms with Crippen molar-refractivity contribution >= 4 is 15.9 Å².